The second kappa shape index (κ2) is 4.35. The van der Waals surface area contributed by atoms with Crippen LogP contribution in [-0.4, -0.2) is 45.8 Å². The smallest absolute Gasteiger partial charge is 0.337 e. The van der Waals surface area contributed by atoms with Crippen LogP contribution in [0.5, 0.6) is 0 Å². The van der Waals surface area contributed by atoms with Crippen molar-refractivity contribution < 1.29 is 19.4 Å². The normalized spacial score (nSPS) is 20.1. The standard InChI is InChI=1S/C11H11N3O4/c15-11(16)6-3-7-9(12-4-6)14-10(13-7)8-5-17-1-2-18-8/h3-4,8H,1-2,5H2,(H,15,16)(H,12,13,14). The molecular formula is C11H11N3O4. The van der Waals surface area contributed by atoms with Gasteiger partial charge in [0.05, 0.1) is 30.9 Å². The number of pyridine rings is 1. The largest absolute Gasteiger partial charge is 0.478 e. The first kappa shape index (κ1) is 11.1. The summed E-state index contributed by atoms with van der Waals surface area (Å²) in [7, 11) is 0. The molecule has 18 heavy (non-hydrogen) atoms. The predicted octanol–water partition coefficient (Wildman–Crippen LogP) is 0.744. The van der Waals surface area contributed by atoms with Gasteiger partial charge in [0.1, 0.15) is 11.9 Å². The molecule has 94 valence electrons. The predicted molar refractivity (Wildman–Crippen MR) is 60.4 cm³/mol. The molecule has 3 heterocycles. The monoisotopic (exact) mass is 249 g/mol. The summed E-state index contributed by atoms with van der Waals surface area (Å²) in [6, 6.07) is 1.50. The molecular weight excluding hydrogens is 238 g/mol. The van der Waals surface area contributed by atoms with Crippen LogP contribution in [0.2, 0.25) is 0 Å². The number of carboxylic acid groups (broad SMARTS) is 1. The molecule has 1 fully saturated rings. The zero-order valence-corrected chi connectivity index (χ0v) is 9.42. The molecule has 0 spiro atoms. The van der Waals surface area contributed by atoms with Crippen molar-refractivity contribution in [1.82, 2.24) is 15.0 Å². The number of ether oxygens (including phenoxy) is 2. The van der Waals surface area contributed by atoms with Crippen molar-refractivity contribution in [2.45, 2.75) is 6.10 Å². The Labute approximate surface area is 102 Å². The first-order chi connectivity index (χ1) is 8.74. The number of carboxylic acids is 1. The Balaban J connectivity index is 1.97. The van der Waals surface area contributed by atoms with Crippen LogP contribution >= 0.6 is 0 Å². The molecule has 2 N–H and O–H groups in total. The maximum absolute atomic E-state index is 10.8. The molecule has 0 saturated carbocycles. The number of rotatable bonds is 2. The highest BCUT2D eigenvalue weighted by atomic mass is 16.6. The van der Waals surface area contributed by atoms with Gasteiger partial charge >= 0.3 is 5.97 Å². The van der Waals surface area contributed by atoms with E-state index in [9.17, 15) is 4.79 Å². The van der Waals surface area contributed by atoms with Crippen LogP contribution in [-0.2, 0) is 9.47 Å². The SMILES string of the molecule is O=C(O)c1cnc2nc(C3COCCO3)[nH]c2c1. The molecule has 1 unspecified atom stereocenters. The average molecular weight is 249 g/mol. The van der Waals surface area contributed by atoms with Gasteiger partial charge in [-0.1, -0.05) is 0 Å². The van der Waals surface area contributed by atoms with Gasteiger partial charge in [0.25, 0.3) is 0 Å². The first-order valence-corrected chi connectivity index (χ1v) is 5.52. The number of hydrogen-bond acceptors (Lipinski definition) is 5. The van der Waals surface area contributed by atoms with Crippen molar-refractivity contribution in [2.75, 3.05) is 19.8 Å². The number of imidazole rings is 1. The summed E-state index contributed by atoms with van der Waals surface area (Å²) in [6.07, 6.45) is 1.04. The van der Waals surface area contributed by atoms with Crippen LogP contribution < -0.4 is 0 Å². The lowest BCUT2D eigenvalue weighted by Crippen LogP contribution is -2.22. The van der Waals surface area contributed by atoms with Gasteiger partial charge in [0.2, 0.25) is 0 Å². The second-order valence-electron chi connectivity index (χ2n) is 3.96. The zero-order chi connectivity index (χ0) is 12.5. The number of H-pyrrole nitrogens is 1. The molecule has 1 atom stereocenters. The van der Waals surface area contributed by atoms with Crippen LogP contribution in [0, 0.1) is 0 Å². The molecule has 0 aliphatic carbocycles. The second-order valence-corrected chi connectivity index (χ2v) is 3.96. The fourth-order valence-corrected chi connectivity index (χ4v) is 1.83. The van der Waals surface area contributed by atoms with Crippen molar-refractivity contribution in [3.05, 3.63) is 23.7 Å². The topological polar surface area (TPSA) is 97.3 Å². The van der Waals surface area contributed by atoms with Crippen molar-refractivity contribution >= 4 is 17.1 Å². The third-order valence-electron chi connectivity index (χ3n) is 2.72. The number of hydrogen-bond donors (Lipinski definition) is 2. The number of aromatic amines is 1. The molecule has 1 saturated heterocycles. The number of aromatic nitrogens is 3. The van der Waals surface area contributed by atoms with Crippen LogP contribution in [0.3, 0.4) is 0 Å². The van der Waals surface area contributed by atoms with Gasteiger partial charge in [-0.05, 0) is 6.07 Å². The highest BCUT2D eigenvalue weighted by molar-refractivity contribution is 5.90. The van der Waals surface area contributed by atoms with Crippen LogP contribution in [0.1, 0.15) is 22.3 Å². The van der Waals surface area contributed by atoms with E-state index in [0.717, 1.165) is 0 Å². The number of fused-ring (bicyclic) bond motifs is 1. The maximum Gasteiger partial charge on any atom is 0.337 e. The van der Waals surface area contributed by atoms with E-state index >= 15 is 0 Å². The van der Waals surface area contributed by atoms with Crippen LogP contribution in [0.25, 0.3) is 11.2 Å². The molecule has 1 aliphatic heterocycles. The Morgan fingerprint density at radius 3 is 3.11 bits per heavy atom. The van der Waals surface area contributed by atoms with E-state index in [2.05, 4.69) is 15.0 Å². The van der Waals surface area contributed by atoms with E-state index in [-0.39, 0.29) is 11.7 Å². The van der Waals surface area contributed by atoms with Gasteiger partial charge in [0, 0.05) is 6.20 Å². The Morgan fingerprint density at radius 1 is 1.50 bits per heavy atom. The molecule has 2 aromatic heterocycles. The quantitative estimate of drug-likeness (QED) is 0.814. The van der Waals surface area contributed by atoms with E-state index in [1.807, 2.05) is 0 Å². The molecule has 7 heteroatoms. The van der Waals surface area contributed by atoms with E-state index < -0.39 is 5.97 Å². The van der Waals surface area contributed by atoms with Crippen molar-refractivity contribution in [1.29, 1.82) is 0 Å². The summed E-state index contributed by atoms with van der Waals surface area (Å²) in [5.74, 6) is -0.405. The Kier molecular flexibility index (Phi) is 2.69. The fraction of sp³-hybridized carbons (Fsp3) is 0.364. The fourth-order valence-electron chi connectivity index (χ4n) is 1.83. The third kappa shape index (κ3) is 1.93. The summed E-state index contributed by atoms with van der Waals surface area (Å²) < 4.78 is 10.8. The van der Waals surface area contributed by atoms with Crippen molar-refractivity contribution in [3.63, 3.8) is 0 Å². The number of aromatic carboxylic acids is 1. The lowest BCUT2D eigenvalue weighted by molar-refractivity contribution is -0.0931. The molecule has 0 radical (unpaired) electrons. The minimum absolute atomic E-state index is 0.124. The van der Waals surface area contributed by atoms with Gasteiger partial charge in [-0.25, -0.2) is 14.8 Å². The van der Waals surface area contributed by atoms with Gasteiger partial charge in [-0.15, -0.1) is 0 Å². The van der Waals surface area contributed by atoms with E-state index in [1.165, 1.54) is 12.3 Å². The summed E-state index contributed by atoms with van der Waals surface area (Å²) >= 11 is 0. The number of carbonyl (C=O) groups is 1. The minimum Gasteiger partial charge on any atom is -0.478 e. The lowest BCUT2D eigenvalue weighted by Gasteiger charge is -2.20. The molecule has 0 bridgehead atoms. The first-order valence-electron chi connectivity index (χ1n) is 5.52. The molecule has 0 amide bonds. The Bertz CT molecular complexity index is 589. The van der Waals surface area contributed by atoms with Gasteiger partial charge in [0.15, 0.2) is 5.65 Å². The molecule has 7 nitrogen and oxygen atoms in total. The van der Waals surface area contributed by atoms with Crippen molar-refractivity contribution in [2.24, 2.45) is 0 Å². The molecule has 1 aliphatic rings. The zero-order valence-electron chi connectivity index (χ0n) is 9.42. The number of nitrogens with one attached hydrogen (secondary N) is 1. The molecule has 3 rings (SSSR count). The Morgan fingerprint density at radius 2 is 2.39 bits per heavy atom. The Hall–Kier alpha value is -1.99. The summed E-state index contributed by atoms with van der Waals surface area (Å²) in [4.78, 5) is 22.1. The van der Waals surface area contributed by atoms with E-state index in [4.69, 9.17) is 14.6 Å². The summed E-state index contributed by atoms with van der Waals surface area (Å²) in [6.45, 7) is 1.54. The van der Waals surface area contributed by atoms with Crippen LogP contribution in [0.15, 0.2) is 12.3 Å². The average Bonchev–Trinajstić information content (AvgIpc) is 2.82. The highest BCUT2D eigenvalue weighted by Crippen LogP contribution is 2.20. The van der Waals surface area contributed by atoms with Gasteiger partial charge in [-0.2, -0.15) is 0 Å². The molecule has 2 aromatic rings. The highest BCUT2D eigenvalue weighted by Gasteiger charge is 2.20. The van der Waals surface area contributed by atoms with E-state index in [0.29, 0.717) is 36.8 Å². The van der Waals surface area contributed by atoms with Crippen LogP contribution in [0.4, 0.5) is 0 Å². The third-order valence-corrected chi connectivity index (χ3v) is 2.72. The van der Waals surface area contributed by atoms with Gasteiger partial charge in [-0.3, -0.25) is 0 Å². The van der Waals surface area contributed by atoms with Gasteiger partial charge < -0.3 is 19.6 Å². The van der Waals surface area contributed by atoms with E-state index in [1.54, 1.807) is 0 Å². The summed E-state index contributed by atoms with van der Waals surface area (Å²) in [5, 5.41) is 8.88. The number of nitrogens with zero attached hydrogens (tertiary/aromatic N) is 2. The molecule has 0 aromatic carbocycles. The lowest BCUT2D eigenvalue weighted by atomic mass is 10.3. The maximum atomic E-state index is 10.8. The minimum atomic E-state index is -1.02. The summed E-state index contributed by atoms with van der Waals surface area (Å²) in [5.41, 5.74) is 1.18. The van der Waals surface area contributed by atoms with Crippen molar-refractivity contribution in [3.8, 4) is 0 Å².